The average Bonchev–Trinajstić information content (AvgIpc) is 3.17. The summed E-state index contributed by atoms with van der Waals surface area (Å²) in [5, 5.41) is 4.27. The number of nitrogens with one attached hydrogen (secondary N) is 1. The molecular formula is C29H31FN2O. The smallest absolute Gasteiger partial charge is 0.221 e. The van der Waals surface area contributed by atoms with Crippen LogP contribution in [0, 0.1) is 12.7 Å². The van der Waals surface area contributed by atoms with Crippen LogP contribution in [0.15, 0.2) is 79.0 Å². The minimum atomic E-state index is -0.233. The molecule has 170 valence electrons. The summed E-state index contributed by atoms with van der Waals surface area (Å²) in [6, 6.07) is 23.5. The van der Waals surface area contributed by atoms with Crippen LogP contribution in [0.1, 0.15) is 54.9 Å². The van der Waals surface area contributed by atoms with E-state index in [1.54, 1.807) is 0 Å². The fourth-order valence-electron chi connectivity index (χ4n) is 4.39. The number of aryl methyl sites for hydroxylation is 1. The van der Waals surface area contributed by atoms with E-state index in [4.69, 9.17) is 0 Å². The summed E-state index contributed by atoms with van der Waals surface area (Å²) in [7, 11) is 0. The lowest BCUT2D eigenvalue weighted by molar-refractivity contribution is -0.121. The Hall–Kier alpha value is -3.40. The number of aromatic nitrogens is 1. The largest absolute Gasteiger partial charge is 0.354 e. The molecule has 4 rings (SSSR count). The van der Waals surface area contributed by atoms with Crippen LogP contribution in [0.5, 0.6) is 0 Å². The van der Waals surface area contributed by atoms with Crippen LogP contribution in [0.2, 0.25) is 0 Å². The summed E-state index contributed by atoms with van der Waals surface area (Å²) >= 11 is 0. The van der Waals surface area contributed by atoms with Gasteiger partial charge in [0.1, 0.15) is 5.82 Å². The summed E-state index contributed by atoms with van der Waals surface area (Å²) in [5.74, 6) is -0.233. The van der Waals surface area contributed by atoms with Crippen molar-refractivity contribution in [3.63, 3.8) is 0 Å². The minimum absolute atomic E-state index is 0.0613. The quantitative estimate of drug-likeness (QED) is 0.329. The minimum Gasteiger partial charge on any atom is -0.354 e. The zero-order valence-corrected chi connectivity index (χ0v) is 19.5. The van der Waals surface area contributed by atoms with E-state index in [1.807, 2.05) is 31.2 Å². The van der Waals surface area contributed by atoms with Crippen LogP contribution in [-0.4, -0.2) is 16.5 Å². The molecule has 0 unspecified atom stereocenters. The Kier molecular flexibility index (Phi) is 6.93. The first kappa shape index (κ1) is 22.8. The third-order valence-corrected chi connectivity index (χ3v) is 6.31. The fraction of sp³-hybridized carbons (Fsp3) is 0.276. The second kappa shape index (κ2) is 10.0. The third kappa shape index (κ3) is 5.33. The van der Waals surface area contributed by atoms with Crippen molar-refractivity contribution in [3.05, 3.63) is 107 Å². The van der Waals surface area contributed by atoms with Crippen LogP contribution >= 0.6 is 0 Å². The Bertz CT molecular complexity index is 1240. The highest BCUT2D eigenvalue weighted by molar-refractivity contribution is 5.87. The molecule has 0 aliphatic rings. The van der Waals surface area contributed by atoms with Crippen molar-refractivity contribution in [1.82, 2.24) is 9.88 Å². The normalized spacial score (nSPS) is 13.1. The van der Waals surface area contributed by atoms with Gasteiger partial charge in [0.25, 0.3) is 0 Å². The molecule has 4 aromatic rings. The number of carbonyl (C=O) groups is 1. The van der Waals surface area contributed by atoms with Crippen LogP contribution in [-0.2, 0) is 11.3 Å². The van der Waals surface area contributed by atoms with E-state index in [0.717, 1.165) is 34.0 Å². The zero-order valence-electron chi connectivity index (χ0n) is 19.5. The van der Waals surface area contributed by atoms with E-state index in [9.17, 15) is 9.18 Å². The number of carbonyl (C=O) groups excluding carboxylic acids is 1. The van der Waals surface area contributed by atoms with Gasteiger partial charge in [-0.05, 0) is 55.2 Å². The summed E-state index contributed by atoms with van der Waals surface area (Å²) < 4.78 is 15.6. The van der Waals surface area contributed by atoms with E-state index < -0.39 is 0 Å². The monoisotopic (exact) mass is 442 g/mol. The maximum atomic E-state index is 13.4. The number of nitrogens with zero attached hydrogens (tertiary/aromatic N) is 1. The number of benzene rings is 3. The first-order chi connectivity index (χ1) is 15.9. The Morgan fingerprint density at radius 3 is 2.52 bits per heavy atom. The maximum absolute atomic E-state index is 13.4. The Morgan fingerprint density at radius 2 is 1.79 bits per heavy atom. The highest BCUT2D eigenvalue weighted by Gasteiger charge is 2.23. The topological polar surface area (TPSA) is 34.0 Å². The number of para-hydroxylation sites is 1. The molecule has 0 bridgehead atoms. The molecule has 0 radical (unpaired) electrons. The molecule has 33 heavy (non-hydrogen) atoms. The molecule has 1 heterocycles. The molecule has 1 amide bonds. The first-order valence-electron chi connectivity index (χ1n) is 11.6. The summed E-state index contributed by atoms with van der Waals surface area (Å²) in [6.07, 6.45) is 3.45. The number of rotatable bonds is 8. The predicted octanol–water partition coefficient (Wildman–Crippen LogP) is 6.57. The number of amides is 1. The highest BCUT2D eigenvalue weighted by atomic mass is 19.1. The van der Waals surface area contributed by atoms with Crippen LogP contribution in [0.4, 0.5) is 4.39 Å². The molecule has 2 atom stereocenters. The molecule has 0 aliphatic carbocycles. The Balaban J connectivity index is 1.77. The van der Waals surface area contributed by atoms with Crippen molar-refractivity contribution in [2.75, 3.05) is 0 Å². The van der Waals surface area contributed by atoms with Gasteiger partial charge in [0.15, 0.2) is 0 Å². The van der Waals surface area contributed by atoms with E-state index in [0.29, 0.717) is 13.0 Å². The van der Waals surface area contributed by atoms with Gasteiger partial charge in [-0.25, -0.2) is 4.39 Å². The summed E-state index contributed by atoms with van der Waals surface area (Å²) in [6.45, 7) is 6.83. The summed E-state index contributed by atoms with van der Waals surface area (Å²) in [5.41, 5.74) is 5.59. The third-order valence-electron chi connectivity index (χ3n) is 6.31. The second-order valence-corrected chi connectivity index (χ2v) is 8.90. The lowest BCUT2D eigenvalue weighted by Gasteiger charge is -2.19. The standard InChI is InChI=1S/C29H31FN2O/c1-4-21(3)31-29(33)17-26(23-9-7-8-20(2)16-23)27-19-32(28-11-6-5-10-25(27)28)18-22-12-14-24(30)15-13-22/h5-16,19,21,26H,4,17-18H2,1-3H3,(H,31,33)/t21-,26-/m1/s1. The second-order valence-electron chi connectivity index (χ2n) is 8.90. The first-order valence-corrected chi connectivity index (χ1v) is 11.6. The predicted molar refractivity (Wildman–Crippen MR) is 133 cm³/mol. The van der Waals surface area contributed by atoms with E-state index in [2.05, 4.69) is 66.3 Å². The van der Waals surface area contributed by atoms with Gasteiger partial charge in [0.05, 0.1) is 0 Å². The molecule has 0 saturated carbocycles. The molecule has 3 aromatic carbocycles. The van der Waals surface area contributed by atoms with Crippen molar-refractivity contribution in [2.24, 2.45) is 0 Å². The SMILES string of the molecule is CC[C@@H](C)NC(=O)C[C@H](c1cccc(C)c1)c1cn(Cc2ccc(F)cc2)c2ccccc12. The molecular weight excluding hydrogens is 411 g/mol. The summed E-state index contributed by atoms with van der Waals surface area (Å²) in [4.78, 5) is 13.0. The molecule has 0 fully saturated rings. The van der Waals surface area contributed by atoms with Gasteiger partial charge in [-0.15, -0.1) is 0 Å². The average molecular weight is 443 g/mol. The van der Waals surface area contributed by atoms with Gasteiger partial charge < -0.3 is 9.88 Å². The molecule has 4 heteroatoms. The number of hydrogen-bond donors (Lipinski definition) is 1. The van der Waals surface area contributed by atoms with E-state index >= 15 is 0 Å². The molecule has 0 saturated heterocycles. The number of hydrogen-bond acceptors (Lipinski definition) is 1. The van der Waals surface area contributed by atoms with E-state index in [1.165, 1.54) is 17.7 Å². The van der Waals surface area contributed by atoms with Gasteiger partial charge >= 0.3 is 0 Å². The number of fused-ring (bicyclic) bond motifs is 1. The van der Waals surface area contributed by atoms with Gasteiger partial charge in [-0.3, -0.25) is 4.79 Å². The van der Waals surface area contributed by atoms with Gasteiger partial charge in [0, 0.05) is 42.0 Å². The molecule has 0 aliphatic heterocycles. The fourth-order valence-corrected chi connectivity index (χ4v) is 4.39. The van der Waals surface area contributed by atoms with Crippen LogP contribution in [0.3, 0.4) is 0 Å². The van der Waals surface area contributed by atoms with Crippen molar-refractivity contribution in [3.8, 4) is 0 Å². The zero-order chi connectivity index (χ0) is 23.4. The van der Waals surface area contributed by atoms with E-state index in [-0.39, 0.29) is 23.7 Å². The van der Waals surface area contributed by atoms with Gasteiger partial charge in [-0.1, -0.05) is 67.1 Å². The number of halogens is 1. The lowest BCUT2D eigenvalue weighted by atomic mass is 9.87. The molecule has 0 spiro atoms. The lowest BCUT2D eigenvalue weighted by Crippen LogP contribution is -2.33. The highest BCUT2D eigenvalue weighted by Crippen LogP contribution is 2.35. The van der Waals surface area contributed by atoms with Crippen molar-refractivity contribution >= 4 is 16.8 Å². The molecule has 3 nitrogen and oxygen atoms in total. The Labute approximate surface area is 195 Å². The van der Waals surface area contributed by atoms with Crippen molar-refractivity contribution in [1.29, 1.82) is 0 Å². The maximum Gasteiger partial charge on any atom is 0.221 e. The van der Waals surface area contributed by atoms with Crippen LogP contribution in [0.25, 0.3) is 10.9 Å². The van der Waals surface area contributed by atoms with Crippen LogP contribution < -0.4 is 5.32 Å². The van der Waals surface area contributed by atoms with Crippen molar-refractivity contribution in [2.45, 2.75) is 52.1 Å². The van der Waals surface area contributed by atoms with Crippen molar-refractivity contribution < 1.29 is 9.18 Å². The van der Waals surface area contributed by atoms with Gasteiger partial charge in [0.2, 0.25) is 5.91 Å². The molecule has 1 aromatic heterocycles. The van der Waals surface area contributed by atoms with Gasteiger partial charge in [-0.2, -0.15) is 0 Å². The Morgan fingerprint density at radius 1 is 1.03 bits per heavy atom. The molecule has 1 N–H and O–H groups in total.